The smallest absolute Gasteiger partial charge is 0.236 e. The lowest BCUT2D eigenvalue weighted by molar-refractivity contribution is -0.133. The third-order valence-electron chi connectivity index (χ3n) is 9.17. The van der Waals surface area contributed by atoms with Crippen molar-refractivity contribution < 1.29 is 9.53 Å². The van der Waals surface area contributed by atoms with Gasteiger partial charge in [-0.15, -0.1) is 0 Å². The summed E-state index contributed by atoms with van der Waals surface area (Å²) in [7, 11) is 0. The second-order valence-electron chi connectivity index (χ2n) is 11.8. The minimum atomic E-state index is 0.265. The Kier molecular flexibility index (Phi) is 10.00. The molecule has 4 saturated heterocycles. The first-order valence-corrected chi connectivity index (χ1v) is 17.0. The van der Waals surface area contributed by atoms with Gasteiger partial charge in [-0.05, 0) is 69.3 Å². The Morgan fingerprint density at radius 2 is 1.60 bits per heavy atom. The van der Waals surface area contributed by atoms with Gasteiger partial charge < -0.3 is 29.7 Å². The molecule has 0 unspecified atom stereocenters. The van der Waals surface area contributed by atoms with E-state index < -0.39 is 0 Å². The molecule has 0 saturated carbocycles. The second kappa shape index (κ2) is 14.2. The summed E-state index contributed by atoms with van der Waals surface area (Å²) >= 11 is 1.55. The number of morpholine rings is 1. The van der Waals surface area contributed by atoms with Crippen LogP contribution >= 0.6 is 11.8 Å². The first-order chi connectivity index (χ1) is 20.6. The lowest BCUT2D eigenvalue weighted by atomic mass is 10.00. The van der Waals surface area contributed by atoms with Gasteiger partial charge in [0.1, 0.15) is 11.6 Å². The van der Waals surface area contributed by atoms with E-state index in [1.807, 2.05) is 17.2 Å². The van der Waals surface area contributed by atoms with Gasteiger partial charge in [-0.25, -0.2) is 9.97 Å². The zero-order valence-electron chi connectivity index (χ0n) is 25.0. The first kappa shape index (κ1) is 29.5. The number of piperidine rings is 2. The van der Waals surface area contributed by atoms with E-state index >= 15 is 0 Å². The summed E-state index contributed by atoms with van der Waals surface area (Å²) in [6.07, 6.45) is 8.47. The largest absolute Gasteiger partial charge is 0.378 e. The number of aromatic nitrogens is 2. The summed E-state index contributed by atoms with van der Waals surface area (Å²) < 4.78 is 5.48. The minimum absolute atomic E-state index is 0.265. The Morgan fingerprint density at radius 3 is 2.29 bits per heavy atom. The molecule has 10 nitrogen and oxygen atoms in total. The van der Waals surface area contributed by atoms with Crippen molar-refractivity contribution in [2.24, 2.45) is 0 Å². The number of carbonyl (C=O) groups is 1. The number of rotatable bonds is 8. The average molecular weight is 595 g/mol. The minimum Gasteiger partial charge on any atom is -0.378 e. The zero-order chi connectivity index (χ0) is 28.7. The number of benzene rings is 1. The number of nitrogens with one attached hydrogen (secondary N) is 1. The summed E-state index contributed by atoms with van der Waals surface area (Å²) in [5, 5.41) is 4.22. The van der Waals surface area contributed by atoms with Crippen molar-refractivity contribution in [3.63, 3.8) is 0 Å². The Labute approximate surface area is 254 Å². The number of likely N-dealkylation sites (tertiary alicyclic amines) is 2. The van der Waals surface area contributed by atoms with E-state index in [2.05, 4.69) is 49.2 Å². The van der Waals surface area contributed by atoms with E-state index in [-0.39, 0.29) is 5.91 Å². The molecule has 6 rings (SSSR count). The number of piperazine rings is 1. The normalized spacial score (nSPS) is 21.5. The highest BCUT2D eigenvalue weighted by Gasteiger charge is 2.29. The van der Waals surface area contributed by atoms with Gasteiger partial charge in [0.05, 0.1) is 19.8 Å². The van der Waals surface area contributed by atoms with E-state index in [4.69, 9.17) is 14.7 Å². The van der Waals surface area contributed by atoms with E-state index in [9.17, 15) is 4.79 Å². The molecule has 4 aliphatic heterocycles. The molecule has 5 heterocycles. The Morgan fingerprint density at radius 1 is 0.881 bits per heavy atom. The van der Waals surface area contributed by atoms with Crippen LogP contribution in [0, 0.1) is 0 Å². The maximum Gasteiger partial charge on any atom is 0.236 e. The maximum atomic E-state index is 13.2. The Balaban J connectivity index is 0.995. The highest BCUT2D eigenvalue weighted by molar-refractivity contribution is 7.98. The van der Waals surface area contributed by atoms with E-state index in [1.54, 1.807) is 11.8 Å². The van der Waals surface area contributed by atoms with Gasteiger partial charge in [-0.3, -0.25) is 9.69 Å². The van der Waals surface area contributed by atoms with Gasteiger partial charge in [0.2, 0.25) is 5.91 Å². The fourth-order valence-electron chi connectivity index (χ4n) is 6.66. The molecule has 1 aromatic carbocycles. The lowest BCUT2D eigenvalue weighted by Crippen LogP contribution is -2.53. The quantitative estimate of drug-likeness (QED) is 0.363. The molecular formula is C31H46N8O2S. The van der Waals surface area contributed by atoms with Crippen LogP contribution in [0.2, 0.25) is 0 Å². The number of anilines is 4. The van der Waals surface area contributed by atoms with Crippen molar-refractivity contribution in [1.29, 1.82) is 0 Å². The first-order valence-electron chi connectivity index (χ1n) is 15.8. The monoisotopic (exact) mass is 594 g/mol. The fourth-order valence-corrected chi connectivity index (χ4v) is 7.03. The Hall–Kier alpha value is -2.60. The van der Waals surface area contributed by atoms with Crippen LogP contribution in [0.15, 0.2) is 35.5 Å². The molecule has 2 aromatic rings. The van der Waals surface area contributed by atoms with Gasteiger partial charge in [-0.2, -0.15) is 0 Å². The van der Waals surface area contributed by atoms with Gasteiger partial charge in [-0.1, -0.05) is 18.2 Å². The van der Waals surface area contributed by atoms with Crippen LogP contribution in [0.4, 0.5) is 23.0 Å². The molecule has 0 bridgehead atoms. The van der Waals surface area contributed by atoms with Crippen LogP contribution in [0.5, 0.6) is 0 Å². The number of hydrogen-bond acceptors (Lipinski definition) is 10. The molecule has 4 aliphatic rings. The molecule has 0 aliphatic carbocycles. The molecule has 228 valence electrons. The Bertz CT molecular complexity index is 1160. The molecule has 1 aromatic heterocycles. The van der Waals surface area contributed by atoms with Crippen molar-refractivity contribution in [3.05, 3.63) is 30.3 Å². The van der Waals surface area contributed by atoms with Crippen LogP contribution in [-0.2, 0) is 9.53 Å². The van der Waals surface area contributed by atoms with E-state index in [0.29, 0.717) is 12.6 Å². The van der Waals surface area contributed by atoms with Crippen LogP contribution in [-0.4, -0.2) is 128 Å². The molecule has 42 heavy (non-hydrogen) atoms. The third-order valence-corrected chi connectivity index (χ3v) is 9.72. The predicted molar refractivity (Wildman–Crippen MR) is 170 cm³/mol. The van der Waals surface area contributed by atoms with Gasteiger partial charge in [0, 0.05) is 75.8 Å². The van der Waals surface area contributed by atoms with Crippen molar-refractivity contribution in [1.82, 2.24) is 24.7 Å². The molecule has 1 N–H and O–H groups in total. The second-order valence-corrected chi connectivity index (χ2v) is 12.6. The van der Waals surface area contributed by atoms with E-state index in [1.165, 1.54) is 50.9 Å². The summed E-state index contributed by atoms with van der Waals surface area (Å²) in [4.78, 5) is 34.4. The van der Waals surface area contributed by atoms with Crippen LogP contribution in [0.3, 0.4) is 0 Å². The van der Waals surface area contributed by atoms with Gasteiger partial charge in [0.15, 0.2) is 5.16 Å². The molecule has 1 amide bonds. The highest BCUT2D eigenvalue weighted by Crippen LogP contribution is 2.26. The van der Waals surface area contributed by atoms with Crippen LogP contribution in [0.25, 0.3) is 0 Å². The van der Waals surface area contributed by atoms with Crippen molar-refractivity contribution >= 4 is 40.7 Å². The van der Waals surface area contributed by atoms with E-state index in [0.717, 1.165) is 88.1 Å². The van der Waals surface area contributed by atoms with Crippen molar-refractivity contribution in [2.75, 3.05) is 107 Å². The number of carbonyl (C=O) groups excluding carboxylic acids is 1. The SMILES string of the molecule is CSc1nc(Nc2ccc(N3CCOCC3)cc2)cc(N2CCN(C(=O)CN3CCC(N4CCCCC4)CC3)CC2)n1. The highest BCUT2D eigenvalue weighted by atomic mass is 32.2. The summed E-state index contributed by atoms with van der Waals surface area (Å²) in [6.45, 7) is 11.6. The molecule has 0 atom stereocenters. The summed E-state index contributed by atoms with van der Waals surface area (Å²) in [5.74, 6) is 1.96. The summed E-state index contributed by atoms with van der Waals surface area (Å²) in [5.41, 5.74) is 2.21. The zero-order valence-corrected chi connectivity index (χ0v) is 25.9. The predicted octanol–water partition coefficient (Wildman–Crippen LogP) is 3.38. The topological polar surface area (TPSA) is 80.3 Å². The average Bonchev–Trinajstić information content (AvgIpc) is 3.06. The number of ether oxygens (including phenoxy) is 1. The number of amides is 1. The summed E-state index contributed by atoms with van der Waals surface area (Å²) in [6, 6.07) is 11.3. The van der Waals surface area contributed by atoms with Gasteiger partial charge in [0.25, 0.3) is 0 Å². The molecular weight excluding hydrogens is 548 g/mol. The van der Waals surface area contributed by atoms with Crippen molar-refractivity contribution in [3.8, 4) is 0 Å². The van der Waals surface area contributed by atoms with Crippen molar-refractivity contribution in [2.45, 2.75) is 43.3 Å². The maximum absolute atomic E-state index is 13.2. The molecule has 4 fully saturated rings. The van der Waals surface area contributed by atoms with Gasteiger partial charge >= 0.3 is 0 Å². The molecule has 0 radical (unpaired) electrons. The van der Waals surface area contributed by atoms with Crippen LogP contribution in [0.1, 0.15) is 32.1 Å². The van der Waals surface area contributed by atoms with Crippen LogP contribution < -0.4 is 15.1 Å². The molecule has 11 heteroatoms. The lowest BCUT2D eigenvalue weighted by Gasteiger charge is -2.41. The number of thioether (sulfide) groups is 1. The third kappa shape index (κ3) is 7.48. The molecule has 0 spiro atoms. The fraction of sp³-hybridized carbons (Fsp3) is 0.645. The number of hydrogen-bond donors (Lipinski definition) is 1. The standard InChI is InChI=1S/C31H46N8O2S/c1-42-31-33-28(32-25-5-7-26(8-6-25)37-19-21-41-22-20-37)23-29(34-31)38-15-17-39(18-16-38)30(40)24-35-13-9-27(10-14-35)36-11-3-2-4-12-36/h5-8,23,27H,2-4,9-22,24H2,1H3,(H,32,33,34). The number of nitrogens with zero attached hydrogens (tertiary/aromatic N) is 7.